The van der Waals surface area contributed by atoms with Crippen molar-refractivity contribution < 1.29 is 0 Å². The van der Waals surface area contributed by atoms with Crippen LogP contribution in [0, 0.1) is 5.92 Å². The number of nitrogens with one attached hydrogen (secondary N) is 1. The molecule has 1 aromatic heterocycles. The van der Waals surface area contributed by atoms with Crippen LogP contribution in [0.25, 0.3) is 0 Å². The average Bonchev–Trinajstić information content (AvgIpc) is 3.18. The highest BCUT2D eigenvalue weighted by Gasteiger charge is 2.27. The van der Waals surface area contributed by atoms with E-state index in [0.717, 1.165) is 32.0 Å². The van der Waals surface area contributed by atoms with Crippen LogP contribution < -0.4 is 10.2 Å². The highest BCUT2D eigenvalue weighted by atomic mass is 32.1. The molecule has 3 rings (SSSR count). The fourth-order valence-electron chi connectivity index (χ4n) is 2.87. The Morgan fingerprint density at radius 2 is 2.00 bits per heavy atom. The molecule has 0 atom stereocenters. The maximum atomic E-state index is 4.86. The molecule has 0 radical (unpaired) electrons. The van der Waals surface area contributed by atoms with Crippen molar-refractivity contribution in [1.82, 2.24) is 15.2 Å². The van der Waals surface area contributed by atoms with Crippen molar-refractivity contribution in [3.05, 3.63) is 10.6 Å². The summed E-state index contributed by atoms with van der Waals surface area (Å²) in [7, 11) is 2.01. The summed E-state index contributed by atoms with van der Waals surface area (Å²) in [5, 5.41) is 4.49. The molecule has 1 saturated heterocycles. The zero-order chi connectivity index (χ0) is 13.9. The molecule has 0 amide bonds. The van der Waals surface area contributed by atoms with Crippen molar-refractivity contribution in [2.24, 2.45) is 5.92 Å². The zero-order valence-corrected chi connectivity index (χ0v) is 13.5. The summed E-state index contributed by atoms with van der Waals surface area (Å²) in [6.07, 6.45) is 3.95. The Morgan fingerprint density at radius 3 is 2.60 bits per heavy atom. The molecular weight excluding hydrogens is 268 g/mol. The third-order valence-corrected chi connectivity index (χ3v) is 5.45. The van der Waals surface area contributed by atoms with Gasteiger partial charge in [0, 0.05) is 44.1 Å². The molecule has 2 fully saturated rings. The van der Waals surface area contributed by atoms with Gasteiger partial charge in [0.25, 0.3) is 0 Å². The van der Waals surface area contributed by atoms with E-state index in [1.165, 1.54) is 48.2 Å². The summed E-state index contributed by atoms with van der Waals surface area (Å²) in [5.74, 6) is 1.01. The van der Waals surface area contributed by atoms with Gasteiger partial charge in [0.1, 0.15) is 0 Å². The Labute approximate surface area is 126 Å². The van der Waals surface area contributed by atoms with E-state index < -0.39 is 0 Å². The largest absolute Gasteiger partial charge is 0.346 e. The van der Waals surface area contributed by atoms with E-state index in [0.29, 0.717) is 0 Å². The lowest BCUT2D eigenvalue weighted by molar-refractivity contribution is 0.248. The molecule has 1 aliphatic heterocycles. The number of thiazole rings is 1. The number of hydrogen-bond acceptors (Lipinski definition) is 5. The second-order valence-corrected chi connectivity index (χ2v) is 7.04. The third kappa shape index (κ3) is 3.32. The summed E-state index contributed by atoms with van der Waals surface area (Å²) >= 11 is 1.88. The molecule has 20 heavy (non-hydrogen) atoms. The topological polar surface area (TPSA) is 31.4 Å². The predicted octanol–water partition coefficient (Wildman–Crippen LogP) is 1.96. The first-order valence-electron chi connectivity index (χ1n) is 7.90. The summed E-state index contributed by atoms with van der Waals surface area (Å²) < 4.78 is 0. The molecule has 1 aromatic rings. The van der Waals surface area contributed by atoms with Crippen LogP contribution >= 0.6 is 11.3 Å². The fourth-order valence-corrected chi connectivity index (χ4v) is 4.08. The Bertz CT molecular complexity index is 433. The lowest BCUT2D eigenvalue weighted by atomic mass is 10.3. The Balaban J connectivity index is 1.59. The van der Waals surface area contributed by atoms with Crippen molar-refractivity contribution in [2.75, 3.05) is 44.7 Å². The summed E-state index contributed by atoms with van der Waals surface area (Å²) in [5.41, 5.74) is 1.28. The molecule has 2 heterocycles. The van der Waals surface area contributed by atoms with Crippen LogP contribution in [0.1, 0.15) is 30.3 Å². The lowest BCUT2D eigenvalue weighted by Crippen LogP contribution is -2.47. The first kappa shape index (κ1) is 14.3. The highest BCUT2D eigenvalue weighted by molar-refractivity contribution is 7.15. The van der Waals surface area contributed by atoms with Crippen molar-refractivity contribution in [1.29, 1.82) is 0 Å². The number of anilines is 1. The van der Waals surface area contributed by atoms with Gasteiger partial charge in [-0.1, -0.05) is 6.92 Å². The van der Waals surface area contributed by atoms with Crippen molar-refractivity contribution in [3.63, 3.8) is 0 Å². The smallest absolute Gasteiger partial charge is 0.185 e. The monoisotopic (exact) mass is 294 g/mol. The van der Waals surface area contributed by atoms with Gasteiger partial charge in [-0.3, -0.25) is 4.90 Å². The van der Waals surface area contributed by atoms with Gasteiger partial charge in [0.15, 0.2) is 5.13 Å². The second-order valence-electron chi connectivity index (χ2n) is 5.98. The Kier molecular flexibility index (Phi) is 4.58. The molecule has 0 spiro atoms. The normalized spacial score (nSPS) is 20.6. The molecular formula is C15H26N4S. The van der Waals surface area contributed by atoms with Gasteiger partial charge in [-0.25, -0.2) is 4.98 Å². The highest BCUT2D eigenvalue weighted by Crippen LogP contribution is 2.31. The molecule has 2 aliphatic rings. The van der Waals surface area contributed by atoms with Gasteiger partial charge in [-0.2, -0.15) is 0 Å². The molecule has 0 unspecified atom stereocenters. The number of piperazine rings is 1. The van der Waals surface area contributed by atoms with Crippen LogP contribution in [-0.2, 0) is 13.0 Å². The number of aryl methyl sites for hydroxylation is 1. The van der Waals surface area contributed by atoms with E-state index in [4.69, 9.17) is 4.98 Å². The minimum atomic E-state index is 0.947. The van der Waals surface area contributed by atoms with Gasteiger partial charge in [0.2, 0.25) is 0 Å². The molecule has 4 nitrogen and oxygen atoms in total. The average molecular weight is 294 g/mol. The number of rotatable bonds is 6. The Morgan fingerprint density at radius 1 is 1.25 bits per heavy atom. The zero-order valence-electron chi connectivity index (χ0n) is 12.7. The van der Waals surface area contributed by atoms with Crippen molar-refractivity contribution in [2.45, 2.75) is 32.7 Å². The van der Waals surface area contributed by atoms with Crippen LogP contribution in [0.3, 0.4) is 0 Å². The van der Waals surface area contributed by atoms with Gasteiger partial charge in [-0.05, 0) is 32.2 Å². The van der Waals surface area contributed by atoms with E-state index in [1.807, 2.05) is 18.4 Å². The predicted molar refractivity (Wildman–Crippen MR) is 85.6 cm³/mol. The van der Waals surface area contributed by atoms with Crippen LogP contribution in [0.4, 0.5) is 5.13 Å². The van der Waals surface area contributed by atoms with Crippen molar-refractivity contribution in [3.8, 4) is 0 Å². The van der Waals surface area contributed by atoms with E-state index in [2.05, 4.69) is 22.0 Å². The van der Waals surface area contributed by atoms with Crippen LogP contribution in [-0.4, -0.2) is 49.7 Å². The van der Waals surface area contributed by atoms with Gasteiger partial charge in [0.05, 0.1) is 5.69 Å². The first-order chi connectivity index (χ1) is 9.80. The maximum absolute atomic E-state index is 4.86. The fraction of sp³-hybridized carbons (Fsp3) is 0.800. The third-order valence-electron chi connectivity index (χ3n) is 4.30. The Hall–Kier alpha value is -0.650. The van der Waals surface area contributed by atoms with Crippen LogP contribution in [0.5, 0.6) is 0 Å². The van der Waals surface area contributed by atoms with Gasteiger partial charge in [-0.15, -0.1) is 11.3 Å². The molecule has 112 valence electrons. The minimum Gasteiger partial charge on any atom is -0.346 e. The van der Waals surface area contributed by atoms with Crippen LogP contribution in [0.2, 0.25) is 0 Å². The van der Waals surface area contributed by atoms with Crippen LogP contribution in [0.15, 0.2) is 0 Å². The van der Waals surface area contributed by atoms with Gasteiger partial charge < -0.3 is 10.2 Å². The maximum Gasteiger partial charge on any atom is 0.185 e. The quantitative estimate of drug-likeness (QED) is 0.869. The van der Waals surface area contributed by atoms with Gasteiger partial charge >= 0.3 is 0 Å². The summed E-state index contributed by atoms with van der Waals surface area (Å²) in [6, 6.07) is 0. The van der Waals surface area contributed by atoms with Crippen molar-refractivity contribution >= 4 is 16.5 Å². The number of hydrogen-bond donors (Lipinski definition) is 1. The lowest BCUT2D eigenvalue weighted by Gasteiger charge is -2.34. The molecule has 0 aromatic carbocycles. The molecule has 1 N–H and O–H groups in total. The standard InChI is InChI=1S/C15H26N4S/c1-3-13-14(10-16-2)20-15(17-13)19-8-6-18(7-9-19)11-12-4-5-12/h12,16H,3-11H2,1-2H3. The molecule has 0 bridgehead atoms. The minimum absolute atomic E-state index is 0.947. The summed E-state index contributed by atoms with van der Waals surface area (Å²) in [4.78, 5) is 11.4. The first-order valence-corrected chi connectivity index (χ1v) is 8.72. The SMILES string of the molecule is CCc1nc(N2CCN(CC3CC3)CC2)sc1CNC. The number of nitrogens with zero attached hydrogens (tertiary/aromatic N) is 3. The molecule has 5 heteroatoms. The van der Waals surface area contributed by atoms with E-state index in [-0.39, 0.29) is 0 Å². The van der Waals surface area contributed by atoms with E-state index in [1.54, 1.807) is 0 Å². The molecule has 1 saturated carbocycles. The van der Waals surface area contributed by atoms with E-state index >= 15 is 0 Å². The second kappa shape index (κ2) is 6.41. The number of aromatic nitrogens is 1. The van der Waals surface area contributed by atoms with E-state index in [9.17, 15) is 0 Å². The molecule has 1 aliphatic carbocycles. The summed E-state index contributed by atoms with van der Waals surface area (Å²) in [6.45, 7) is 9.17.